The summed E-state index contributed by atoms with van der Waals surface area (Å²) < 4.78 is 0. The lowest BCUT2D eigenvalue weighted by Crippen LogP contribution is -2.50. The highest BCUT2D eigenvalue weighted by Gasteiger charge is 2.23. The van der Waals surface area contributed by atoms with E-state index < -0.39 is 0 Å². The lowest BCUT2D eigenvalue weighted by molar-refractivity contribution is -0.124. The molecule has 1 aliphatic rings. The predicted octanol–water partition coefficient (Wildman–Crippen LogP) is 0.195. The molecule has 4 nitrogen and oxygen atoms in total. The van der Waals surface area contributed by atoms with E-state index >= 15 is 0 Å². The third kappa shape index (κ3) is 4.62. The molecule has 0 aromatic carbocycles. The number of likely N-dealkylation sites (N-methyl/N-ethyl adjacent to an activating group) is 1. The first-order valence-electron chi connectivity index (χ1n) is 5.78. The molecule has 0 aromatic heterocycles. The van der Waals surface area contributed by atoms with Gasteiger partial charge in [0.1, 0.15) is 0 Å². The minimum absolute atomic E-state index is 0.0240. The predicted molar refractivity (Wildman–Crippen MR) is 61.8 cm³/mol. The van der Waals surface area contributed by atoms with Crippen LogP contribution in [0, 0.1) is 0 Å². The molecular formula is C11H23N3O. The average Bonchev–Trinajstić information content (AvgIpc) is 2.17. The van der Waals surface area contributed by atoms with Crippen LogP contribution < -0.4 is 10.6 Å². The van der Waals surface area contributed by atoms with Crippen molar-refractivity contribution in [1.29, 1.82) is 0 Å². The van der Waals surface area contributed by atoms with Crippen LogP contribution in [0.4, 0.5) is 0 Å². The third-order valence-corrected chi connectivity index (χ3v) is 2.79. The number of nitrogens with zero attached hydrogens (tertiary/aromatic N) is 1. The fourth-order valence-electron chi connectivity index (χ4n) is 1.87. The van der Waals surface area contributed by atoms with Crippen molar-refractivity contribution in [2.24, 2.45) is 0 Å². The van der Waals surface area contributed by atoms with Crippen molar-refractivity contribution >= 4 is 5.91 Å². The molecule has 0 saturated carbocycles. The molecule has 4 heteroatoms. The van der Waals surface area contributed by atoms with Crippen molar-refractivity contribution in [2.75, 3.05) is 27.2 Å². The molecule has 0 radical (unpaired) electrons. The minimum Gasteiger partial charge on any atom is -0.353 e. The maximum Gasteiger partial charge on any atom is 0.237 e. The van der Waals surface area contributed by atoms with Gasteiger partial charge in [0.15, 0.2) is 0 Å². The van der Waals surface area contributed by atoms with E-state index in [4.69, 9.17) is 0 Å². The zero-order valence-corrected chi connectivity index (χ0v) is 10.0. The summed E-state index contributed by atoms with van der Waals surface area (Å²) in [6, 6.07) is 0.499. The van der Waals surface area contributed by atoms with Crippen LogP contribution in [-0.4, -0.2) is 50.1 Å². The Kier molecular flexibility index (Phi) is 5.05. The minimum atomic E-state index is 0.0240. The molecule has 1 heterocycles. The second kappa shape index (κ2) is 6.08. The summed E-state index contributed by atoms with van der Waals surface area (Å²) in [6.07, 6.45) is 3.31. The van der Waals surface area contributed by atoms with E-state index in [0.717, 1.165) is 25.9 Å². The van der Waals surface area contributed by atoms with Gasteiger partial charge in [-0.05, 0) is 40.3 Å². The Morgan fingerprint density at radius 1 is 1.47 bits per heavy atom. The highest BCUT2D eigenvalue weighted by Crippen LogP contribution is 2.11. The second-order valence-corrected chi connectivity index (χ2v) is 4.65. The van der Waals surface area contributed by atoms with E-state index in [-0.39, 0.29) is 11.9 Å². The van der Waals surface area contributed by atoms with Crippen molar-refractivity contribution in [3.8, 4) is 0 Å². The van der Waals surface area contributed by atoms with Gasteiger partial charge in [0.05, 0.1) is 6.04 Å². The maximum atomic E-state index is 11.7. The van der Waals surface area contributed by atoms with Crippen molar-refractivity contribution in [2.45, 2.75) is 38.3 Å². The Labute approximate surface area is 92.4 Å². The molecule has 2 N–H and O–H groups in total. The largest absolute Gasteiger partial charge is 0.353 e. The fourth-order valence-corrected chi connectivity index (χ4v) is 1.87. The first-order chi connectivity index (χ1) is 7.09. The quantitative estimate of drug-likeness (QED) is 0.701. The number of carbonyl (C=O) groups excluding carboxylic acids is 1. The lowest BCUT2D eigenvalue weighted by atomic mass is 9.99. The van der Waals surface area contributed by atoms with Crippen LogP contribution in [0.5, 0.6) is 0 Å². The molecule has 2 atom stereocenters. The van der Waals surface area contributed by atoms with E-state index in [1.54, 1.807) is 0 Å². The third-order valence-electron chi connectivity index (χ3n) is 2.79. The summed E-state index contributed by atoms with van der Waals surface area (Å²) in [5, 5.41) is 6.29. The number of carbonyl (C=O) groups is 1. The number of nitrogens with one attached hydrogen (secondary N) is 2. The van der Waals surface area contributed by atoms with Crippen LogP contribution in [0.1, 0.15) is 26.2 Å². The average molecular weight is 213 g/mol. The van der Waals surface area contributed by atoms with Crippen LogP contribution in [0.2, 0.25) is 0 Å². The van der Waals surface area contributed by atoms with Gasteiger partial charge in [-0.25, -0.2) is 0 Å². The van der Waals surface area contributed by atoms with Crippen LogP contribution in [-0.2, 0) is 4.79 Å². The lowest BCUT2D eigenvalue weighted by Gasteiger charge is -2.27. The Hall–Kier alpha value is -0.610. The van der Waals surface area contributed by atoms with Gasteiger partial charge in [-0.2, -0.15) is 0 Å². The van der Waals surface area contributed by atoms with Gasteiger partial charge in [-0.15, -0.1) is 0 Å². The molecule has 1 rings (SSSR count). The maximum absolute atomic E-state index is 11.7. The zero-order chi connectivity index (χ0) is 11.3. The van der Waals surface area contributed by atoms with Gasteiger partial charge < -0.3 is 15.5 Å². The molecular weight excluding hydrogens is 190 g/mol. The molecule has 1 saturated heterocycles. The van der Waals surface area contributed by atoms with Crippen molar-refractivity contribution in [3.05, 3.63) is 0 Å². The van der Waals surface area contributed by atoms with Crippen molar-refractivity contribution in [1.82, 2.24) is 15.5 Å². The topological polar surface area (TPSA) is 44.4 Å². The smallest absolute Gasteiger partial charge is 0.237 e. The van der Waals surface area contributed by atoms with E-state index in [2.05, 4.69) is 22.5 Å². The van der Waals surface area contributed by atoms with Gasteiger partial charge in [0, 0.05) is 19.1 Å². The molecule has 0 aromatic rings. The zero-order valence-electron chi connectivity index (χ0n) is 10.0. The molecule has 0 bridgehead atoms. The molecule has 1 fully saturated rings. The SMILES string of the molecule is CC1CCCC(C(=O)NCCN(C)C)N1. The molecule has 2 unspecified atom stereocenters. The van der Waals surface area contributed by atoms with Gasteiger partial charge in [0.25, 0.3) is 0 Å². The summed E-state index contributed by atoms with van der Waals surface area (Å²) in [5.41, 5.74) is 0. The van der Waals surface area contributed by atoms with Crippen molar-refractivity contribution in [3.63, 3.8) is 0 Å². The van der Waals surface area contributed by atoms with Gasteiger partial charge in [-0.3, -0.25) is 4.79 Å². The highest BCUT2D eigenvalue weighted by molar-refractivity contribution is 5.81. The first kappa shape index (κ1) is 12.5. The molecule has 15 heavy (non-hydrogen) atoms. The summed E-state index contributed by atoms with van der Waals surface area (Å²) in [6.45, 7) is 3.77. The first-order valence-corrected chi connectivity index (χ1v) is 5.78. The summed E-state index contributed by atoms with van der Waals surface area (Å²) in [4.78, 5) is 13.8. The Morgan fingerprint density at radius 2 is 2.20 bits per heavy atom. The van der Waals surface area contributed by atoms with E-state index in [9.17, 15) is 4.79 Å². The number of hydrogen-bond donors (Lipinski definition) is 2. The Bertz CT molecular complexity index is 206. The summed E-state index contributed by atoms with van der Waals surface area (Å²) in [5.74, 6) is 0.156. The highest BCUT2D eigenvalue weighted by atomic mass is 16.2. The Balaban J connectivity index is 2.21. The molecule has 88 valence electrons. The normalized spacial score (nSPS) is 26.7. The van der Waals surface area contributed by atoms with Gasteiger partial charge in [-0.1, -0.05) is 0 Å². The fraction of sp³-hybridized carbons (Fsp3) is 0.909. The van der Waals surface area contributed by atoms with Crippen LogP contribution >= 0.6 is 0 Å². The van der Waals surface area contributed by atoms with E-state index in [0.29, 0.717) is 6.04 Å². The molecule has 1 amide bonds. The summed E-state index contributed by atoms with van der Waals surface area (Å²) in [7, 11) is 4.01. The van der Waals surface area contributed by atoms with Gasteiger partial charge in [0.2, 0.25) is 5.91 Å². The van der Waals surface area contributed by atoms with E-state index in [1.807, 2.05) is 14.1 Å². The number of piperidine rings is 1. The number of amides is 1. The van der Waals surface area contributed by atoms with Crippen LogP contribution in [0.15, 0.2) is 0 Å². The second-order valence-electron chi connectivity index (χ2n) is 4.65. The molecule has 0 aliphatic carbocycles. The van der Waals surface area contributed by atoms with Crippen LogP contribution in [0.25, 0.3) is 0 Å². The van der Waals surface area contributed by atoms with E-state index in [1.165, 1.54) is 6.42 Å². The molecule has 1 aliphatic heterocycles. The number of rotatable bonds is 4. The summed E-state index contributed by atoms with van der Waals surface area (Å²) >= 11 is 0. The number of hydrogen-bond acceptors (Lipinski definition) is 3. The van der Waals surface area contributed by atoms with Crippen molar-refractivity contribution < 1.29 is 4.79 Å². The van der Waals surface area contributed by atoms with Crippen LogP contribution in [0.3, 0.4) is 0 Å². The monoisotopic (exact) mass is 213 g/mol. The van der Waals surface area contributed by atoms with Gasteiger partial charge >= 0.3 is 0 Å². The molecule has 0 spiro atoms. The standard InChI is InChI=1S/C11H23N3O/c1-9-5-4-6-10(13-9)11(15)12-7-8-14(2)3/h9-10,13H,4-8H2,1-3H3,(H,12,15). The Morgan fingerprint density at radius 3 is 2.80 bits per heavy atom.